The maximum Gasteiger partial charge on any atom is 0.308 e. The summed E-state index contributed by atoms with van der Waals surface area (Å²) >= 11 is 17.8. The lowest BCUT2D eigenvalue weighted by Crippen LogP contribution is -2.05. The fourth-order valence-electron chi connectivity index (χ4n) is 1.21. The van der Waals surface area contributed by atoms with Crippen molar-refractivity contribution in [2.45, 2.75) is 13.3 Å². The van der Waals surface area contributed by atoms with E-state index in [1.807, 2.05) is 0 Å². The molecule has 2 nitrogen and oxygen atoms in total. The van der Waals surface area contributed by atoms with Gasteiger partial charge in [0.25, 0.3) is 0 Å². The molecule has 1 aromatic carbocycles. The molecule has 0 unspecified atom stereocenters. The van der Waals surface area contributed by atoms with E-state index in [2.05, 4.69) is 6.58 Å². The Morgan fingerprint density at radius 3 is 2.56 bits per heavy atom. The van der Waals surface area contributed by atoms with Gasteiger partial charge in [0.05, 0.1) is 15.1 Å². The average Bonchev–Trinajstić information content (AvgIpc) is 2.19. The molecule has 0 radical (unpaired) electrons. The SMILES string of the molecule is C=CCc1c(Cl)c(Cl)cc(Cl)c1OC(C)=O. The van der Waals surface area contributed by atoms with Crippen LogP contribution in [0.4, 0.5) is 0 Å². The molecular weight excluding hydrogens is 270 g/mol. The molecule has 5 heteroatoms. The number of carbonyl (C=O) groups is 1. The van der Waals surface area contributed by atoms with Gasteiger partial charge in [0, 0.05) is 12.5 Å². The number of carbonyl (C=O) groups excluding carboxylic acids is 1. The third kappa shape index (κ3) is 2.91. The van der Waals surface area contributed by atoms with Crippen molar-refractivity contribution in [1.29, 1.82) is 0 Å². The van der Waals surface area contributed by atoms with Crippen molar-refractivity contribution in [3.05, 3.63) is 39.4 Å². The molecule has 0 N–H and O–H groups in total. The van der Waals surface area contributed by atoms with Gasteiger partial charge in [-0.3, -0.25) is 4.79 Å². The molecule has 0 heterocycles. The fourth-order valence-corrected chi connectivity index (χ4v) is 1.97. The summed E-state index contributed by atoms with van der Waals surface area (Å²) in [5, 5.41) is 0.892. The van der Waals surface area contributed by atoms with Crippen LogP contribution in [0.5, 0.6) is 5.75 Å². The van der Waals surface area contributed by atoms with Crippen LogP contribution in [0.3, 0.4) is 0 Å². The van der Waals surface area contributed by atoms with E-state index in [0.717, 1.165) is 0 Å². The second kappa shape index (κ2) is 5.58. The Bertz CT molecular complexity index is 441. The van der Waals surface area contributed by atoms with Crippen molar-refractivity contribution in [3.63, 3.8) is 0 Å². The van der Waals surface area contributed by atoms with Gasteiger partial charge in [-0.25, -0.2) is 0 Å². The highest BCUT2D eigenvalue weighted by molar-refractivity contribution is 6.44. The summed E-state index contributed by atoms with van der Waals surface area (Å²) < 4.78 is 5.00. The summed E-state index contributed by atoms with van der Waals surface area (Å²) in [4.78, 5) is 10.9. The molecule has 0 aliphatic heterocycles. The minimum atomic E-state index is -0.467. The number of hydrogen-bond donors (Lipinski definition) is 0. The van der Waals surface area contributed by atoms with Crippen molar-refractivity contribution in [3.8, 4) is 5.75 Å². The van der Waals surface area contributed by atoms with Gasteiger partial charge in [-0.15, -0.1) is 6.58 Å². The van der Waals surface area contributed by atoms with Crippen molar-refractivity contribution >= 4 is 40.8 Å². The summed E-state index contributed by atoms with van der Waals surface area (Å²) in [6.45, 7) is 4.88. The highest BCUT2D eigenvalue weighted by atomic mass is 35.5. The highest BCUT2D eigenvalue weighted by Crippen LogP contribution is 2.39. The molecular formula is C11H9Cl3O2. The predicted molar refractivity (Wildman–Crippen MR) is 66.7 cm³/mol. The van der Waals surface area contributed by atoms with Gasteiger partial charge in [0.15, 0.2) is 5.75 Å². The first-order chi connectivity index (χ1) is 7.47. The van der Waals surface area contributed by atoms with Crippen LogP contribution in [-0.4, -0.2) is 5.97 Å². The van der Waals surface area contributed by atoms with Gasteiger partial charge in [-0.1, -0.05) is 40.9 Å². The Morgan fingerprint density at radius 2 is 2.06 bits per heavy atom. The largest absolute Gasteiger partial charge is 0.425 e. The topological polar surface area (TPSA) is 26.3 Å². The number of esters is 1. The molecule has 0 spiro atoms. The van der Waals surface area contributed by atoms with Gasteiger partial charge in [0.2, 0.25) is 0 Å². The van der Waals surface area contributed by atoms with Crippen LogP contribution < -0.4 is 4.74 Å². The van der Waals surface area contributed by atoms with Gasteiger partial charge < -0.3 is 4.74 Å². The molecule has 0 aromatic heterocycles. The minimum absolute atomic E-state index is 0.239. The van der Waals surface area contributed by atoms with Crippen LogP contribution in [0.15, 0.2) is 18.7 Å². The maximum absolute atomic E-state index is 10.9. The summed E-state index contributed by atoms with van der Waals surface area (Å²) in [6.07, 6.45) is 2.04. The van der Waals surface area contributed by atoms with Crippen LogP contribution in [0.2, 0.25) is 15.1 Å². The molecule has 0 fully saturated rings. The van der Waals surface area contributed by atoms with E-state index in [1.54, 1.807) is 6.08 Å². The number of benzene rings is 1. The molecule has 1 rings (SSSR count). The Morgan fingerprint density at radius 1 is 1.44 bits per heavy atom. The van der Waals surface area contributed by atoms with Gasteiger partial charge in [-0.05, 0) is 12.5 Å². The summed E-state index contributed by atoms with van der Waals surface area (Å²) in [7, 11) is 0. The number of ether oxygens (including phenoxy) is 1. The quantitative estimate of drug-likeness (QED) is 0.357. The van der Waals surface area contributed by atoms with Crippen molar-refractivity contribution in [1.82, 2.24) is 0 Å². The zero-order chi connectivity index (χ0) is 12.3. The van der Waals surface area contributed by atoms with Gasteiger partial charge >= 0.3 is 5.97 Å². The third-order valence-corrected chi connectivity index (χ3v) is 2.92. The first kappa shape index (κ1) is 13.4. The maximum atomic E-state index is 10.9. The number of hydrogen-bond acceptors (Lipinski definition) is 2. The summed E-state index contributed by atoms with van der Waals surface area (Å²) in [5.74, 6) is -0.228. The first-order valence-corrected chi connectivity index (χ1v) is 5.56. The standard InChI is InChI=1S/C11H9Cl3O2/c1-3-4-7-10(14)8(12)5-9(13)11(7)16-6(2)15/h3,5H,1,4H2,2H3. The molecule has 0 aliphatic carbocycles. The Hall–Kier alpha value is -0.700. The molecule has 1 aromatic rings. The van der Waals surface area contributed by atoms with E-state index in [4.69, 9.17) is 39.5 Å². The van der Waals surface area contributed by atoms with Crippen molar-refractivity contribution in [2.75, 3.05) is 0 Å². The van der Waals surface area contributed by atoms with Crippen LogP contribution in [-0.2, 0) is 11.2 Å². The average molecular weight is 280 g/mol. The van der Waals surface area contributed by atoms with E-state index in [-0.39, 0.29) is 10.8 Å². The Balaban J connectivity index is 3.37. The Kier molecular flexibility index (Phi) is 4.66. The Labute approximate surface area is 109 Å². The van der Waals surface area contributed by atoms with Crippen LogP contribution in [0, 0.1) is 0 Å². The van der Waals surface area contributed by atoms with Crippen LogP contribution >= 0.6 is 34.8 Å². The van der Waals surface area contributed by atoms with Gasteiger partial charge in [0.1, 0.15) is 0 Å². The molecule has 0 bridgehead atoms. The number of halogens is 3. The van der Waals surface area contributed by atoms with Crippen LogP contribution in [0.1, 0.15) is 12.5 Å². The van der Waals surface area contributed by atoms with Gasteiger partial charge in [-0.2, -0.15) is 0 Å². The van der Waals surface area contributed by atoms with E-state index < -0.39 is 5.97 Å². The monoisotopic (exact) mass is 278 g/mol. The minimum Gasteiger partial charge on any atom is -0.425 e. The van der Waals surface area contributed by atoms with Crippen LogP contribution in [0.25, 0.3) is 0 Å². The molecule has 0 amide bonds. The number of rotatable bonds is 3. The molecule has 86 valence electrons. The number of allylic oxidation sites excluding steroid dienone is 1. The molecule has 0 saturated carbocycles. The lowest BCUT2D eigenvalue weighted by molar-refractivity contribution is -0.131. The van der Waals surface area contributed by atoms with E-state index in [0.29, 0.717) is 22.0 Å². The second-order valence-corrected chi connectivity index (χ2v) is 4.24. The molecule has 16 heavy (non-hydrogen) atoms. The molecule has 0 aliphatic rings. The first-order valence-electron chi connectivity index (χ1n) is 4.43. The smallest absolute Gasteiger partial charge is 0.308 e. The van der Waals surface area contributed by atoms with E-state index >= 15 is 0 Å². The normalized spacial score (nSPS) is 10.0. The summed E-state index contributed by atoms with van der Waals surface area (Å²) in [5.41, 5.74) is 0.560. The second-order valence-electron chi connectivity index (χ2n) is 3.05. The fraction of sp³-hybridized carbons (Fsp3) is 0.182. The van der Waals surface area contributed by atoms with Crippen molar-refractivity contribution in [2.24, 2.45) is 0 Å². The predicted octanol–water partition coefficient (Wildman–Crippen LogP) is 4.30. The van der Waals surface area contributed by atoms with Crippen molar-refractivity contribution < 1.29 is 9.53 Å². The zero-order valence-corrected chi connectivity index (χ0v) is 10.8. The lowest BCUT2D eigenvalue weighted by atomic mass is 10.1. The van der Waals surface area contributed by atoms with E-state index in [1.165, 1.54) is 13.0 Å². The molecule has 0 atom stereocenters. The molecule has 0 saturated heterocycles. The highest BCUT2D eigenvalue weighted by Gasteiger charge is 2.16. The lowest BCUT2D eigenvalue weighted by Gasteiger charge is -2.12. The summed E-state index contributed by atoms with van der Waals surface area (Å²) in [6, 6.07) is 1.44. The van der Waals surface area contributed by atoms with E-state index in [9.17, 15) is 4.79 Å². The zero-order valence-electron chi connectivity index (χ0n) is 8.52. The third-order valence-electron chi connectivity index (χ3n) is 1.81.